The topological polar surface area (TPSA) is 76.3 Å². The number of aromatic nitrogens is 2. The number of aryl methyl sites for hydroxylation is 2. The van der Waals surface area contributed by atoms with E-state index in [1.807, 2.05) is 42.5 Å². The summed E-state index contributed by atoms with van der Waals surface area (Å²) >= 11 is 7.79. The number of thioether (sulfide) groups is 1. The number of benzene rings is 1. The van der Waals surface area contributed by atoms with Crippen molar-refractivity contribution in [2.45, 2.75) is 30.8 Å². The van der Waals surface area contributed by atoms with E-state index < -0.39 is 0 Å². The average molecular weight is 560 g/mol. The Morgan fingerprint density at radius 3 is 2.79 bits per heavy atom. The number of thiophene rings is 2. The molecular formula is C23H19BrN4O2S3. The molecule has 3 heterocycles. The molecule has 0 radical (unpaired) electrons. The molecule has 1 amide bonds. The summed E-state index contributed by atoms with van der Waals surface area (Å²) in [6.07, 6.45) is 5.79. The second kappa shape index (κ2) is 9.92. The van der Waals surface area contributed by atoms with Crippen molar-refractivity contribution in [3.63, 3.8) is 0 Å². The van der Waals surface area contributed by atoms with Gasteiger partial charge in [-0.2, -0.15) is 5.10 Å². The van der Waals surface area contributed by atoms with Crippen LogP contribution in [-0.4, -0.2) is 27.4 Å². The number of para-hydroxylation sites is 1. The Kier molecular flexibility index (Phi) is 6.77. The van der Waals surface area contributed by atoms with Gasteiger partial charge in [-0.3, -0.25) is 14.2 Å². The molecule has 0 aliphatic heterocycles. The Morgan fingerprint density at radius 1 is 1.18 bits per heavy atom. The highest BCUT2D eigenvalue weighted by atomic mass is 79.9. The van der Waals surface area contributed by atoms with Gasteiger partial charge in [0, 0.05) is 9.75 Å². The molecule has 33 heavy (non-hydrogen) atoms. The summed E-state index contributed by atoms with van der Waals surface area (Å²) in [5, 5.41) is 5.27. The molecule has 1 aliphatic rings. The van der Waals surface area contributed by atoms with Gasteiger partial charge in [0.25, 0.3) is 11.5 Å². The van der Waals surface area contributed by atoms with Gasteiger partial charge >= 0.3 is 0 Å². The maximum Gasteiger partial charge on any atom is 0.267 e. The number of amides is 1. The van der Waals surface area contributed by atoms with Gasteiger partial charge in [0.05, 0.1) is 26.8 Å². The van der Waals surface area contributed by atoms with Crippen LogP contribution in [-0.2, 0) is 17.6 Å². The summed E-state index contributed by atoms with van der Waals surface area (Å²) in [5.41, 5.74) is 4.40. The summed E-state index contributed by atoms with van der Waals surface area (Å²) in [6, 6.07) is 13.3. The van der Waals surface area contributed by atoms with Crippen molar-refractivity contribution in [3.8, 4) is 5.69 Å². The van der Waals surface area contributed by atoms with E-state index in [-0.39, 0.29) is 17.2 Å². The first kappa shape index (κ1) is 22.5. The lowest BCUT2D eigenvalue weighted by Gasteiger charge is -2.13. The van der Waals surface area contributed by atoms with Crippen molar-refractivity contribution in [2.24, 2.45) is 5.10 Å². The molecule has 0 unspecified atom stereocenters. The number of hydrogen-bond donors (Lipinski definition) is 1. The molecule has 0 saturated heterocycles. The predicted molar refractivity (Wildman–Crippen MR) is 140 cm³/mol. The van der Waals surface area contributed by atoms with Crippen LogP contribution in [0, 0.1) is 0 Å². The molecule has 4 aromatic rings. The number of nitrogens with one attached hydrogen (secondary N) is 1. The van der Waals surface area contributed by atoms with Crippen LogP contribution in [0.15, 0.2) is 61.3 Å². The second-order valence-electron chi connectivity index (χ2n) is 7.49. The van der Waals surface area contributed by atoms with Gasteiger partial charge in [-0.1, -0.05) is 30.0 Å². The first-order valence-electron chi connectivity index (χ1n) is 10.4. The molecule has 1 N–H and O–H groups in total. The maximum absolute atomic E-state index is 13.6. The van der Waals surface area contributed by atoms with Crippen LogP contribution in [0.3, 0.4) is 0 Å². The molecule has 10 heteroatoms. The maximum atomic E-state index is 13.6. The van der Waals surface area contributed by atoms with E-state index in [0.29, 0.717) is 5.16 Å². The van der Waals surface area contributed by atoms with E-state index in [9.17, 15) is 9.59 Å². The third-order valence-electron chi connectivity index (χ3n) is 5.28. The van der Waals surface area contributed by atoms with Crippen LogP contribution >= 0.6 is 50.4 Å². The highest BCUT2D eigenvalue weighted by molar-refractivity contribution is 9.11. The number of hydrogen-bond acceptors (Lipinski definition) is 7. The molecule has 3 aromatic heterocycles. The molecule has 5 rings (SSSR count). The third-order valence-corrected chi connectivity index (χ3v) is 8.96. The number of carbonyl (C=O) groups excluding carboxylic acids is 1. The number of hydrazone groups is 1. The smallest absolute Gasteiger partial charge is 0.267 e. The van der Waals surface area contributed by atoms with Crippen molar-refractivity contribution < 1.29 is 4.79 Å². The highest BCUT2D eigenvalue weighted by Gasteiger charge is 2.23. The zero-order valence-corrected chi connectivity index (χ0v) is 21.5. The van der Waals surface area contributed by atoms with Crippen molar-refractivity contribution in [1.29, 1.82) is 0 Å². The van der Waals surface area contributed by atoms with Crippen LogP contribution in [0.4, 0.5) is 0 Å². The normalized spacial score (nSPS) is 13.5. The molecule has 0 bridgehead atoms. The Hall–Kier alpha value is -2.27. The minimum Gasteiger partial charge on any atom is -0.272 e. The van der Waals surface area contributed by atoms with E-state index in [0.717, 1.165) is 55.8 Å². The van der Waals surface area contributed by atoms with Crippen LogP contribution in [0.25, 0.3) is 15.9 Å². The summed E-state index contributed by atoms with van der Waals surface area (Å²) in [5.74, 6) is -0.159. The van der Waals surface area contributed by atoms with E-state index in [2.05, 4.69) is 26.5 Å². The summed E-state index contributed by atoms with van der Waals surface area (Å²) in [6.45, 7) is 0. The SMILES string of the molecule is O=C(CSc1nc2sc3c(c2c(=O)n1-c1ccccc1)CCCC3)N/N=C/c1ccc(Br)s1. The van der Waals surface area contributed by atoms with Crippen molar-refractivity contribution >= 4 is 72.7 Å². The number of halogens is 1. The highest BCUT2D eigenvalue weighted by Crippen LogP contribution is 2.35. The Labute approximate surface area is 210 Å². The fourth-order valence-electron chi connectivity index (χ4n) is 3.82. The van der Waals surface area contributed by atoms with Gasteiger partial charge in [0.2, 0.25) is 0 Å². The van der Waals surface area contributed by atoms with Crippen LogP contribution in [0.2, 0.25) is 0 Å². The summed E-state index contributed by atoms with van der Waals surface area (Å²) in [7, 11) is 0. The van der Waals surface area contributed by atoms with Gasteiger partial charge < -0.3 is 0 Å². The summed E-state index contributed by atoms with van der Waals surface area (Å²) in [4.78, 5) is 33.9. The van der Waals surface area contributed by atoms with Crippen LogP contribution in [0.5, 0.6) is 0 Å². The molecular weight excluding hydrogens is 540 g/mol. The second-order valence-corrected chi connectivity index (χ2v) is 12.0. The fraction of sp³-hybridized carbons (Fsp3) is 0.217. The zero-order chi connectivity index (χ0) is 22.8. The Balaban J connectivity index is 1.43. The lowest BCUT2D eigenvalue weighted by molar-refractivity contribution is -0.118. The van der Waals surface area contributed by atoms with Crippen LogP contribution < -0.4 is 11.0 Å². The van der Waals surface area contributed by atoms with Gasteiger partial charge in [0.15, 0.2) is 5.16 Å². The first-order valence-corrected chi connectivity index (χ1v) is 13.8. The van der Waals surface area contributed by atoms with Gasteiger partial charge in [-0.25, -0.2) is 10.4 Å². The summed E-state index contributed by atoms with van der Waals surface area (Å²) < 4.78 is 2.63. The van der Waals surface area contributed by atoms with Gasteiger partial charge in [0.1, 0.15) is 4.83 Å². The minimum absolute atomic E-state index is 0.0604. The zero-order valence-electron chi connectivity index (χ0n) is 17.4. The molecule has 0 atom stereocenters. The average Bonchev–Trinajstić information content (AvgIpc) is 3.41. The number of rotatable bonds is 6. The standard InChI is InChI=1S/C23H19BrN4O2S3/c24-18-11-10-15(32-18)12-25-27-19(29)13-31-23-26-21-20(16-8-4-5-9-17(16)33-21)22(30)28(23)14-6-2-1-3-7-14/h1-3,6-7,10-12H,4-5,8-9,13H2,(H,27,29)/b25-12+. The molecule has 0 spiro atoms. The molecule has 0 saturated carbocycles. The number of fused-ring (bicyclic) bond motifs is 3. The van der Waals surface area contributed by atoms with Crippen molar-refractivity contribution in [3.05, 3.63) is 71.9 Å². The largest absolute Gasteiger partial charge is 0.272 e. The quantitative estimate of drug-likeness (QED) is 0.149. The Bertz CT molecular complexity index is 1410. The van der Waals surface area contributed by atoms with Gasteiger partial charge in [-0.05, 0) is 71.4 Å². The number of carbonyl (C=O) groups is 1. The van der Waals surface area contributed by atoms with E-state index in [1.165, 1.54) is 28.0 Å². The number of nitrogens with zero attached hydrogens (tertiary/aromatic N) is 3. The predicted octanol–water partition coefficient (Wildman–Crippen LogP) is 5.39. The van der Waals surface area contributed by atoms with Gasteiger partial charge in [-0.15, -0.1) is 22.7 Å². The lowest BCUT2D eigenvalue weighted by atomic mass is 9.97. The molecule has 0 fully saturated rings. The van der Waals surface area contributed by atoms with Crippen molar-refractivity contribution in [1.82, 2.24) is 15.0 Å². The molecule has 6 nitrogen and oxygen atoms in total. The van der Waals surface area contributed by atoms with E-state index in [1.54, 1.807) is 22.1 Å². The van der Waals surface area contributed by atoms with E-state index >= 15 is 0 Å². The Morgan fingerprint density at radius 2 is 2.00 bits per heavy atom. The monoisotopic (exact) mass is 558 g/mol. The third kappa shape index (κ3) is 4.84. The molecule has 168 valence electrons. The minimum atomic E-state index is -0.258. The molecule has 1 aliphatic carbocycles. The van der Waals surface area contributed by atoms with Crippen LogP contribution in [0.1, 0.15) is 28.2 Å². The molecule has 1 aromatic carbocycles. The first-order chi connectivity index (χ1) is 16.1. The lowest BCUT2D eigenvalue weighted by Crippen LogP contribution is -2.24. The van der Waals surface area contributed by atoms with Crippen molar-refractivity contribution in [2.75, 3.05) is 5.75 Å². The fourth-order valence-corrected chi connectivity index (χ4v) is 7.22. The van der Waals surface area contributed by atoms with E-state index in [4.69, 9.17) is 4.98 Å².